The number of hydrogen-bond donors (Lipinski definition) is 2. The molecule has 168 valence electrons. The van der Waals surface area contributed by atoms with Crippen LogP contribution in [0.4, 0.5) is 32.2 Å². The van der Waals surface area contributed by atoms with E-state index >= 15 is 0 Å². The molecule has 0 saturated carbocycles. The molecule has 1 amide bonds. The van der Waals surface area contributed by atoms with Crippen molar-refractivity contribution in [3.8, 4) is 0 Å². The molecule has 0 aliphatic rings. The van der Waals surface area contributed by atoms with Crippen LogP contribution in [-0.2, 0) is 15.7 Å². The number of esters is 1. The summed E-state index contributed by atoms with van der Waals surface area (Å²) in [6.07, 6.45) is -10.2. The molecular formula is C18H14ClF6N3O3. The van der Waals surface area contributed by atoms with Gasteiger partial charge in [-0.25, -0.2) is 9.78 Å². The Hall–Kier alpha value is -3.02. The number of halogens is 7. The molecular weight excluding hydrogens is 456 g/mol. The predicted octanol–water partition coefficient (Wildman–Crippen LogP) is 4.34. The standard InChI is InChI=1S/C18H14ClF6N3O3/c1-9-5-3-4-6-11(9)14(29)28-16(15(30)31-2,18(23,24)25)27-13-12(17(20,21)22)7-10(19)8-26-13/h3-8H,1-2H3,(H,26,27)(H,28,29). The van der Waals surface area contributed by atoms with E-state index in [1.165, 1.54) is 41.8 Å². The molecule has 2 aromatic rings. The summed E-state index contributed by atoms with van der Waals surface area (Å²) in [6, 6.07) is 5.77. The Labute approximate surface area is 176 Å². The van der Waals surface area contributed by atoms with E-state index in [0.29, 0.717) is 19.4 Å². The number of carbonyl (C=O) groups excluding carboxylic acids is 2. The predicted molar refractivity (Wildman–Crippen MR) is 97.3 cm³/mol. The first kappa shape index (κ1) is 24.3. The summed E-state index contributed by atoms with van der Waals surface area (Å²) < 4.78 is 86.4. The highest BCUT2D eigenvalue weighted by Crippen LogP contribution is 2.39. The zero-order valence-electron chi connectivity index (χ0n) is 15.8. The van der Waals surface area contributed by atoms with Crippen molar-refractivity contribution < 1.29 is 40.7 Å². The van der Waals surface area contributed by atoms with Crippen molar-refractivity contribution in [2.24, 2.45) is 0 Å². The fourth-order valence-corrected chi connectivity index (χ4v) is 2.70. The van der Waals surface area contributed by atoms with Crippen molar-refractivity contribution in [1.29, 1.82) is 0 Å². The molecule has 0 spiro atoms. The third kappa shape index (κ3) is 5.01. The third-order valence-electron chi connectivity index (χ3n) is 4.07. The number of nitrogens with zero attached hydrogens (tertiary/aromatic N) is 1. The second-order valence-corrected chi connectivity index (χ2v) is 6.62. The van der Waals surface area contributed by atoms with Gasteiger partial charge >= 0.3 is 24.0 Å². The zero-order chi connectivity index (χ0) is 23.6. The van der Waals surface area contributed by atoms with E-state index in [2.05, 4.69) is 9.72 Å². The number of rotatable bonds is 5. The lowest BCUT2D eigenvalue weighted by molar-refractivity contribution is -0.203. The van der Waals surface area contributed by atoms with E-state index in [1.807, 2.05) is 0 Å². The number of nitrogens with one attached hydrogen (secondary N) is 2. The number of alkyl halides is 6. The normalized spacial score (nSPS) is 13.8. The summed E-state index contributed by atoms with van der Waals surface area (Å²) in [7, 11) is 0.574. The van der Waals surface area contributed by atoms with Gasteiger partial charge in [-0.1, -0.05) is 29.8 Å². The number of carbonyl (C=O) groups is 2. The summed E-state index contributed by atoms with van der Waals surface area (Å²) in [5, 5.41) is 2.30. The fraction of sp³-hybridized carbons (Fsp3) is 0.278. The van der Waals surface area contributed by atoms with Crippen molar-refractivity contribution in [3.63, 3.8) is 0 Å². The zero-order valence-corrected chi connectivity index (χ0v) is 16.5. The number of amides is 1. The molecule has 6 nitrogen and oxygen atoms in total. The van der Waals surface area contributed by atoms with Gasteiger partial charge < -0.3 is 15.4 Å². The van der Waals surface area contributed by atoms with Gasteiger partial charge in [0.05, 0.1) is 17.7 Å². The SMILES string of the molecule is COC(=O)C(NC(=O)c1ccccc1C)(Nc1ncc(Cl)cc1C(F)(F)F)C(F)(F)F. The van der Waals surface area contributed by atoms with Gasteiger partial charge in [-0.15, -0.1) is 0 Å². The number of benzene rings is 1. The minimum Gasteiger partial charge on any atom is -0.466 e. The van der Waals surface area contributed by atoms with Crippen molar-refractivity contribution >= 4 is 29.3 Å². The molecule has 0 saturated heterocycles. The first-order chi connectivity index (χ1) is 14.2. The molecule has 1 unspecified atom stereocenters. The Morgan fingerprint density at radius 1 is 1.10 bits per heavy atom. The second kappa shape index (κ2) is 8.61. The van der Waals surface area contributed by atoms with E-state index in [-0.39, 0.29) is 11.1 Å². The quantitative estimate of drug-likeness (QED) is 0.387. The summed E-state index contributed by atoms with van der Waals surface area (Å²) in [6.45, 7) is 1.41. The maximum atomic E-state index is 14.1. The Bertz CT molecular complexity index is 996. The Morgan fingerprint density at radius 3 is 2.23 bits per heavy atom. The molecule has 0 radical (unpaired) electrons. The monoisotopic (exact) mass is 469 g/mol. The highest BCUT2D eigenvalue weighted by Gasteiger charge is 2.64. The van der Waals surface area contributed by atoms with Gasteiger partial charge in [0.15, 0.2) is 0 Å². The molecule has 1 atom stereocenters. The molecule has 1 aromatic heterocycles. The van der Waals surface area contributed by atoms with Crippen LogP contribution >= 0.6 is 11.6 Å². The largest absolute Gasteiger partial charge is 0.466 e. The minimum absolute atomic E-state index is 0.248. The van der Waals surface area contributed by atoms with E-state index in [1.54, 1.807) is 0 Å². The van der Waals surface area contributed by atoms with Crippen LogP contribution in [0.15, 0.2) is 36.5 Å². The van der Waals surface area contributed by atoms with E-state index < -0.39 is 46.3 Å². The van der Waals surface area contributed by atoms with Gasteiger partial charge in [-0.3, -0.25) is 4.79 Å². The van der Waals surface area contributed by atoms with Crippen molar-refractivity contribution in [2.75, 3.05) is 12.4 Å². The number of aromatic nitrogens is 1. The molecule has 0 aliphatic heterocycles. The van der Waals surface area contributed by atoms with Crippen LogP contribution in [0.5, 0.6) is 0 Å². The molecule has 2 N–H and O–H groups in total. The van der Waals surface area contributed by atoms with Gasteiger partial charge in [0.2, 0.25) is 0 Å². The molecule has 1 aromatic carbocycles. The van der Waals surface area contributed by atoms with Crippen LogP contribution in [-0.4, -0.2) is 35.8 Å². The summed E-state index contributed by atoms with van der Waals surface area (Å²) >= 11 is 5.48. The molecule has 0 aliphatic carbocycles. The van der Waals surface area contributed by atoms with Gasteiger partial charge in [0, 0.05) is 11.8 Å². The number of aryl methyl sites for hydroxylation is 1. The maximum Gasteiger partial charge on any atom is 0.441 e. The highest BCUT2D eigenvalue weighted by molar-refractivity contribution is 6.30. The average molecular weight is 470 g/mol. The molecule has 2 rings (SSSR count). The van der Waals surface area contributed by atoms with Crippen LogP contribution in [0.25, 0.3) is 0 Å². The van der Waals surface area contributed by atoms with Crippen LogP contribution < -0.4 is 10.6 Å². The summed E-state index contributed by atoms with van der Waals surface area (Å²) in [4.78, 5) is 28.0. The molecule has 0 fully saturated rings. The molecule has 0 bridgehead atoms. The highest BCUT2D eigenvalue weighted by atomic mass is 35.5. The van der Waals surface area contributed by atoms with Gasteiger partial charge in [-0.05, 0) is 24.6 Å². The lowest BCUT2D eigenvalue weighted by Gasteiger charge is -2.35. The van der Waals surface area contributed by atoms with Crippen molar-refractivity contribution in [2.45, 2.75) is 24.9 Å². The number of pyridine rings is 1. The van der Waals surface area contributed by atoms with Crippen molar-refractivity contribution in [3.05, 3.63) is 58.2 Å². The van der Waals surface area contributed by atoms with Crippen LogP contribution in [0, 0.1) is 6.92 Å². The minimum atomic E-state index is -5.65. The van der Waals surface area contributed by atoms with Crippen molar-refractivity contribution in [1.82, 2.24) is 10.3 Å². The summed E-state index contributed by atoms with van der Waals surface area (Å²) in [5.74, 6) is -4.91. The van der Waals surface area contributed by atoms with E-state index in [4.69, 9.17) is 11.6 Å². The van der Waals surface area contributed by atoms with Gasteiger partial charge in [0.1, 0.15) is 5.82 Å². The first-order valence-electron chi connectivity index (χ1n) is 8.27. The third-order valence-corrected chi connectivity index (χ3v) is 4.28. The smallest absolute Gasteiger partial charge is 0.441 e. The Kier molecular flexibility index (Phi) is 6.74. The number of methoxy groups -OCH3 is 1. The Morgan fingerprint density at radius 2 is 1.71 bits per heavy atom. The summed E-state index contributed by atoms with van der Waals surface area (Å²) in [5.41, 5.74) is -5.78. The van der Waals surface area contributed by atoms with E-state index in [9.17, 15) is 35.9 Å². The van der Waals surface area contributed by atoms with Gasteiger partial charge in [-0.2, -0.15) is 26.3 Å². The Balaban J connectivity index is 2.66. The maximum absolute atomic E-state index is 14.1. The van der Waals surface area contributed by atoms with Crippen LogP contribution in [0.3, 0.4) is 0 Å². The molecule has 13 heteroatoms. The van der Waals surface area contributed by atoms with Gasteiger partial charge in [0.25, 0.3) is 5.91 Å². The second-order valence-electron chi connectivity index (χ2n) is 6.18. The number of anilines is 1. The average Bonchev–Trinajstić information content (AvgIpc) is 2.66. The lowest BCUT2D eigenvalue weighted by atomic mass is 10.0. The number of hydrogen-bond acceptors (Lipinski definition) is 5. The topological polar surface area (TPSA) is 80.3 Å². The lowest BCUT2D eigenvalue weighted by Crippen LogP contribution is -2.69. The van der Waals surface area contributed by atoms with E-state index in [0.717, 1.165) is 0 Å². The molecule has 1 heterocycles. The van der Waals surface area contributed by atoms with Crippen LogP contribution in [0.1, 0.15) is 21.5 Å². The first-order valence-corrected chi connectivity index (χ1v) is 8.65. The van der Waals surface area contributed by atoms with Crippen LogP contribution in [0.2, 0.25) is 5.02 Å². The molecule has 31 heavy (non-hydrogen) atoms. The fourth-order valence-electron chi connectivity index (χ4n) is 2.54. The number of ether oxygens (including phenoxy) is 1.